The second kappa shape index (κ2) is 8.49. The van der Waals surface area contributed by atoms with Gasteiger partial charge in [-0.25, -0.2) is 4.98 Å². The number of aryl methyl sites for hydroxylation is 2. The van der Waals surface area contributed by atoms with Gasteiger partial charge in [0.15, 0.2) is 5.96 Å². The first-order valence-electron chi connectivity index (χ1n) is 9.33. The van der Waals surface area contributed by atoms with Crippen LogP contribution in [-0.2, 0) is 6.54 Å². The number of aliphatic imine (C=N–C) groups is 1. The maximum atomic E-state index is 4.49. The number of hydrogen-bond donors (Lipinski definition) is 2. The maximum absolute atomic E-state index is 4.49. The van der Waals surface area contributed by atoms with E-state index in [2.05, 4.69) is 67.1 Å². The van der Waals surface area contributed by atoms with Gasteiger partial charge in [-0.05, 0) is 46.0 Å². The summed E-state index contributed by atoms with van der Waals surface area (Å²) in [4.78, 5) is 12.8. The van der Waals surface area contributed by atoms with E-state index in [1.165, 1.54) is 24.4 Å². The number of piperidine rings is 1. The van der Waals surface area contributed by atoms with E-state index < -0.39 is 0 Å². The molecule has 6 heteroatoms. The summed E-state index contributed by atoms with van der Waals surface area (Å²) in [5.41, 5.74) is 1.22. The minimum absolute atomic E-state index is 0.109. The van der Waals surface area contributed by atoms with Crippen LogP contribution in [0.1, 0.15) is 49.7 Å². The van der Waals surface area contributed by atoms with Crippen LogP contribution in [0.25, 0.3) is 0 Å². The summed E-state index contributed by atoms with van der Waals surface area (Å²) in [5, 5.41) is 8.06. The molecular formula is C19H35N5S. The molecule has 0 aliphatic carbocycles. The van der Waals surface area contributed by atoms with Crippen molar-refractivity contribution in [2.24, 2.45) is 16.8 Å². The second-order valence-corrected chi connectivity index (χ2v) is 9.47. The van der Waals surface area contributed by atoms with E-state index >= 15 is 0 Å². The van der Waals surface area contributed by atoms with Crippen LogP contribution in [0.15, 0.2) is 4.99 Å². The molecule has 0 spiro atoms. The van der Waals surface area contributed by atoms with E-state index in [0.29, 0.717) is 0 Å². The second-order valence-electron chi connectivity index (χ2n) is 8.18. The van der Waals surface area contributed by atoms with Gasteiger partial charge in [-0.3, -0.25) is 9.89 Å². The van der Waals surface area contributed by atoms with Gasteiger partial charge in [0.1, 0.15) is 0 Å². The van der Waals surface area contributed by atoms with E-state index in [1.54, 1.807) is 11.3 Å². The Labute approximate surface area is 157 Å². The predicted octanol–water partition coefficient (Wildman–Crippen LogP) is 3.18. The third-order valence-corrected chi connectivity index (χ3v) is 6.13. The molecule has 0 amide bonds. The molecule has 2 unspecified atom stereocenters. The Balaban J connectivity index is 1.87. The molecule has 1 saturated heterocycles. The van der Waals surface area contributed by atoms with Gasteiger partial charge in [-0.15, -0.1) is 11.3 Å². The predicted molar refractivity (Wildman–Crippen MR) is 108 cm³/mol. The van der Waals surface area contributed by atoms with Crippen LogP contribution >= 0.6 is 11.3 Å². The average molecular weight is 366 g/mol. The molecule has 2 N–H and O–H groups in total. The van der Waals surface area contributed by atoms with Crippen LogP contribution in [0.2, 0.25) is 0 Å². The molecule has 0 bridgehead atoms. The monoisotopic (exact) mass is 365 g/mol. The minimum Gasteiger partial charge on any atom is -0.355 e. The summed E-state index contributed by atoms with van der Waals surface area (Å²) >= 11 is 1.75. The number of rotatable bonds is 5. The first-order valence-corrected chi connectivity index (χ1v) is 10.2. The van der Waals surface area contributed by atoms with Crippen molar-refractivity contribution < 1.29 is 0 Å². The number of nitrogens with zero attached hydrogens (tertiary/aromatic N) is 3. The zero-order chi connectivity index (χ0) is 18.6. The maximum Gasteiger partial charge on any atom is 0.191 e. The number of hydrogen-bond acceptors (Lipinski definition) is 4. The van der Waals surface area contributed by atoms with Crippen molar-refractivity contribution in [3.63, 3.8) is 0 Å². The lowest BCUT2D eigenvalue weighted by atomic mass is 9.88. The lowest BCUT2D eigenvalue weighted by molar-refractivity contribution is 0.0483. The molecule has 25 heavy (non-hydrogen) atoms. The normalized spacial score (nSPS) is 22.9. The number of aromatic nitrogens is 1. The minimum atomic E-state index is 0.109. The van der Waals surface area contributed by atoms with E-state index in [4.69, 9.17) is 0 Å². The zero-order valence-electron chi connectivity index (χ0n) is 16.9. The van der Waals surface area contributed by atoms with Gasteiger partial charge in [-0.2, -0.15) is 0 Å². The molecule has 5 nitrogen and oxygen atoms in total. The Morgan fingerprint density at radius 2 is 1.88 bits per heavy atom. The van der Waals surface area contributed by atoms with Crippen molar-refractivity contribution in [3.8, 4) is 0 Å². The van der Waals surface area contributed by atoms with E-state index in [1.807, 2.05) is 7.05 Å². The summed E-state index contributed by atoms with van der Waals surface area (Å²) in [5.74, 6) is 2.41. The molecule has 1 aliphatic heterocycles. The van der Waals surface area contributed by atoms with Gasteiger partial charge < -0.3 is 10.6 Å². The molecular weight excluding hydrogens is 330 g/mol. The van der Waals surface area contributed by atoms with Crippen LogP contribution in [0.5, 0.6) is 0 Å². The summed E-state index contributed by atoms with van der Waals surface area (Å²) in [7, 11) is 1.83. The lowest BCUT2D eigenvalue weighted by Crippen LogP contribution is -2.57. The molecule has 1 fully saturated rings. The fourth-order valence-electron chi connectivity index (χ4n) is 3.69. The van der Waals surface area contributed by atoms with Gasteiger partial charge in [0.25, 0.3) is 0 Å². The topological polar surface area (TPSA) is 52.6 Å². The van der Waals surface area contributed by atoms with Crippen molar-refractivity contribution in [2.75, 3.05) is 26.7 Å². The largest absolute Gasteiger partial charge is 0.355 e. The Morgan fingerprint density at radius 3 is 2.40 bits per heavy atom. The molecule has 142 valence electrons. The van der Waals surface area contributed by atoms with Crippen molar-refractivity contribution >= 4 is 17.3 Å². The molecule has 0 aromatic carbocycles. The molecule has 1 aromatic heterocycles. The number of likely N-dealkylation sites (tertiary alicyclic amines) is 1. The Kier molecular flexibility index (Phi) is 6.86. The van der Waals surface area contributed by atoms with Crippen LogP contribution in [-0.4, -0.2) is 48.1 Å². The third kappa shape index (κ3) is 5.68. The molecule has 0 radical (unpaired) electrons. The van der Waals surface area contributed by atoms with Gasteiger partial charge in [-0.1, -0.05) is 13.8 Å². The lowest BCUT2D eigenvalue weighted by Gasteiger charge is -2.45. The average Bonchev–Trinajstić information content (AvgIpc) is 2.84. The number of thiazole rings is 1. The van der Waals surface area contributed by atoms with Crippen LogP contribution in [0.3, 0.4) is 0 Å². The summed E-state index contributed by atoms with van der Waals surface area (Å²) < 4.78 is 0. The molecule has 2 rings (SSSR count). The Morgan fingerprint density at radius 1 is 1.24 bits per heavy atom. The molecule has 2 atom stereocenters. The van der Waals surface area contributed by atoms with Gasteiger partial charge >= 0.3 is 0 Å². The number of nitrogens with one attached hydrogen (secondary N) is 2. The third-order valence-electron chi connectivity index (χ3n) is 5.05. The van der Waals surface area contributed by atoms with Gasteiger partial charge in [0, 0.05) is 37.1 Å². The van der Waals surface area contributed by atoms with Crippen molar-refractivity contribution in [2.45, 2.75) is 60.0 Å². The fourth-order valence-corrected chi connectivity index (χ4v) is 4.57. The van der Waals surface area contributed by atoms with E-state index in [0.717, 1.165) is 41.6 Å². The highest BCUT2D eigenvalue weighted by atomic mass is 32.1. The van der Waals surface area contributed by atoms with Crippen molar-refractivity contribution in [1.82, 2.24) is 20.5 Å². The highest BCUT2D eigenvalue weighted by molar-refractivity contribution is 7.11. The Bertz CT molecular complexity index is 583. The van der Waals surface area contributed by atoms with Crippen LogP contribution in [0, 0.1) is 25.7 Å². The number of guanidine groups is 1. The smallest absolute Gasteiger partial charge is 0.191 e. The summed E-state index contributed by atoms with van der Waals surface area (Å²) in [6.07, 6.45) is 1.34. The Hall–Kier alpha value is -1.14. The van der Waals surface area contributed by atoms with Gasteiger partial charge in [0.2, 0.25) is 0 Å². The summed E-state index contributed by atoms with van der Waals surface area (Å²) in [6.45, 7) is 17.5. The van der Waals surface area contributed by atoms with Crippen molar-refractivity contribution in [1.29, 1.82) is 0 Å². The molecule has 2 heterocycles. The quantitative estimate of drug-likeness (QED) is 0.621. The van der Waals surface area contributed by atoms with Gasteiger partial charge in [0.05, 0.1) is 17.2 Å². The van der Waals surface area contributed by atoms with E-state index in [9.17, 15) is 0 Å². The molecule has 1 aliphatic rings. The van der Waals surface area contributed by atoms with Crippen LogP contribution in [0.4, 0.5) is 0 Å². The molecule has 1 aromatic rings. The summed E-state index contributed by atoms with van der Waals surface area (Å²) in [6, 6.07) is 0. The van der Waals surface area contributed by atoms with Crippen LogP contribution < -0.4 is 10.6 Å². The first kappa shape index (κ1) is 20.2. The standard InChI is InChI=1S/C19H35N5S/c1-13-8-14(2)11-24(10-13)19(5,6)12-22-18(20-7)21-9-17-15(3)23-16(4)25-17/h13-14H,8-12H2,1-7H3,(H2,20,21,22). The highest BCUT2D eigenvalue weighted by Gasteiger charge is 2.32. The van der Waals surface area contributed by atoms with Crippen molar-refractivity contribution in [3.05, 3.63) is 15.6 Å². The highest BCUT2D eigenvalue weighted by Crippen LogP contribution is 2.26. The van der Waals surface area contributed by atoms with E-state index in [-0.39, 0.29) is 5.54 Å². The first-order chi connectivity index (χ1) is 11.7. The fraction of sp³-hybridized carbons (Fsp3) is 0.789. The zero-order valence-corrected chi connectivity index (χ0v) is 17.8. The molecule has 0 saturated carbocycles. The SMILES string of the molecule is CN=C(NCc1sc(C)nc1C)NCC(C)(C)N1CC(C)CC(C)C1.